The van der Waals surface area contributed by atoms with Crippen molar-refractivity contribution in [1.29, 1.82) is 0 Å². The lowest BCUT2D eigenvalue weighted by molar-refractivity contribution is 0.301. The lowest BCUT2D eigenvalue weighted by atomic mass is 10.1. The summed E-state index contributed by atoms with van der Waals surface area (Å²) in [7, 11) is 0. The van der Waals surface area contributed by atoms with Gasteiger partial charge in [0.05, 0.1) is 6.61 Å². The second-order valence-corrected chi connectivity index (χ2v) is 4.50. The molecule has 90 valence electrons. The van der Waals surface area contributed by atoms with Crippen LogP contribution in [0.5, 0.6) is 5.75 Å². The van der Waals surface area contributed by atoms with E-state index in [0.29, 0.717) is 12.0 Å². The van der Waals surface area contributed by atoms with Gasteiger partial charge < -0.3 is 10.1 Å². The molecule has 0 heterocycles. The van der Waals surface area contributed by atoms with Crippen molar-refractivity contribution < 1.29 is 4.74 Å². The Kier molecular flexibility index (Phi) is 5.94. The van der Waals surface area contributed by atoms with E-state index in [1.165, 1.54) is 0 Å². The summed E-state index contributed by atoms with van der Waals surface area (Å²) in [4.78, 5) is 0. The Bertz CT molecular complexity index is 271. The fourth-order valence-electron chi connectivity index (χ4n) is 1.34. The number of benzene rings is 1. The van der Waals surface area contributed by atoms with Crippen molar-refractivity contribution in [2.75, 3.05) is 13.2 Å². The predicted molar refractivity (Wildman–Crippen MR) is 68.9 cm³/mol. The molecular weight excluding hydrogens is 198 g/mol. The van der Waals surface area contributed by atoms with Gasteiger partial charge in [-0.05, 0) is 37.9 Å². The first kappa shape index (κ1) is 13.0. The summed E-state index contributed by atoms with van der Waals surface area (Å²) in [6, 6.07) is 10.5. The van der Waals surface area contributed by atoms with Gasteiger partial charge in [-0.15, -0.1) is 0 Å². The molecule has 0 aliphatic carbocycles. The van der Waals surface area contributed by atoms with Crippen molar-refractivity contribution in [3.63, 3.8) is 0 Å². The Morgan fingerprint density at radius 1 is 1.12 bits per heavy atom. The average Bonchev–Trinajstić information content (AvgIpc) is 2.29. The number of para-hydroxylation sites is 1. The summed E-state index contributed by atoms with van der Waals surface area (Å²) in [5.41, 5.74) is 0. The highest BCUT2D eigenvalue weighted by molar-refractivity contribution is 5.20. The Morgan fingerprint density at radius 3 is 2.44 bits per heavy atom. The van der Waals surface area contributed by atoms with E-state index in [0.717, 1.165) is 25.3 Å². The maximum Gasteiger partial charge on any atom is 0.119 e. The molecule has 0 saturated heterocycles. The summed E-state index contributed by atoms with van der Waals surface area (Å²) in [6.45, 7) is 8.49. The van der Waals surface area contributed by atoms with Crippen LogP contribution in [0, 0.1) is 5.92 Å². The first-order chi connectivity index (χ1) is 7.70. The molecule has 0 radical (unpaired) electrons. The third-order valence-corrected chi connectivity index (χ3v) is 2.80. The van der Waals surface area contributed by atoms with Crippen molar-refractivity contribution in [1.82, 2.24) is 5.32 Å². The van der Waals surface area contributed by atoms with Gasteiger partial charge >= 0.3 is 0 Å². The highest BCUT2D eigenvalue weighted by Gasteiger charge is 2.04. The van der Waals surface area contributed by atoms with Gasteiger partial charge in [-0.2, -0.15) is 0 Å². The number of ether oxygens (including phenoxy) is 1. The van der Waals surface area contributed by atoms with E-state index in [4.69, 9.17) is 4.74 Å². The topological polar surface area (TPSA) is 21.3 Å². The zero-order chi connectivity index (χ0) is 11.8. The second kappa shape index (κ2) is 7.29. The molecule has 2 nitrogen and oxygen atoms in total. The normalized spacial score (nSPS) is 12.8. The molecule has 1 aromatic carbocycles. The largest absolute Gasteiger partial charge is 0.494 e. The number of hydrogen-bond donors (Lipinski definition) is 1. The Labute approximate surface area is 99.0 Å². The average molecular weight is 221 g/mol. The molecular formula is C14H23NO. The minimum absolute atomic E-state index is 0.580. The monoisotopic (exact) mass is 221 g/mol. The first-order valence-corrected chi connectivity index (χ1v) is 6.11. The van der Waals surface area contributed by atoms with Gasteiger partial charge in [0.25, 0.3) is 0 Å². The van der Waals surface area contributed by atoms with Crippen molar-refractivity contribution in [2.45, 2.75) is 33.2 Å². The molecule has 1 unspecified atom stereocenters. The van der Waals surface area contributed by atoms with Crippen LogP contribution in [0.15, 0.2) is 30.3 Å². The minimum Gasteiger partial charge on any atom is -0.494 e. The van der Waals surface area contributed by atoms with Crippen LogP contribution in [-0.4, -0.2) is 19.2 Å². The van der Waals surface area contributed by atoms with E-state index < -0.39 is 0 Å². The first-order valence-electron chi connectivity index (χ1n) is 6.11. The predicted octanol–water partition coefficient (Wildman–Crippen LogP) is 3.09. The standard InChI is InChI=1S/C14H23NO/c1-12(2)13(3)15-10-7-11-16-14-8-5-4-6-9-14/h4-6,8-9,12-13,15H,7,10-11H2,1-3H3. The minimum atomic E-state index is 0.580. The summed E-state index contributed by atoms with van der Waals surface area (Å²) in [6.07, 6.45) is 1.05. The summed E-state index contributed by atoms with van der Waals surface area (Å²) < 4.78 is 5.61. The molecule has 0 bridgehead atoms. The van der Waals surface area contributed by atoms with Gasteiger partial charge in [-0.1, -0.05) is 32.0 Å². The molecule has 2 heteroatoms. The molecule has 1 N–H and O–H groups in total. The fraction of sp³-hybridized carbons (Fsp3) is 0.571. The molecule has 0 aliphatic heterocycles. The molecule has 0 aliphatic rings. The molecule has 1 aromatic rings. The molecule has 0 amide bonds. The van der Waals surface area contributed by atoms with Crippen LogP contribution in [0.4, 0.5) is 0 Å². The van der Waals surface area contributed by atoms with E-state index >= 15 is 0 Å². The van der Waals surface area contributed by atoms with Gasteiger partial charge in [-0.25, -0.2) is 0 Å². The molecule has 16 heavy (non-hydrogen) atoms. The molecule has 1 rings (SSSR count). The van der Waals surface area contributed by atoms with Crippen LogP contribution in [0.1, 0.15) is 27.2 Å². The Hall–Kier alpha value is -1.02. The van der Waals surface area contributed by atoms with E-state index in [1.54, 1.807) is 0 Å². The summed E-state index contributed by atoms with van der Waals surface area (Å²) in [5.74, 6) is 1.65. The lowest BCUT2D eigenvalue weighted by Crippen LogP contribution is -2.32. The van der Waals surface area contributed by atoms with Gasteiger partial charge in [0.2, 0.25) is 0 Å². The number of nitrogens with one attached hydrogen (secondary N) is 1. The molecule has 0 spiro atoms. The third-order valence-electron chi connectivity index (χ3n) is 2.80. The fourth-order valence-corrected chi connectivity index (χ4v) is 1.34. The molecule has 0 fully saturated rings. The van der Waals surface area contributed by atoms with Crippen molar-refractivity contribution in [3.05, 3.63) is 30.3 Å². The van der Waals surface area contributed by atoms with Crippen molar-refractivity contribution in [3.8, 4) is 5.75 Å². The van der Waals surface area contributed by atoms with E-state index in [2.05, 4.69) is 26.1 Å². The van der Waals surface area contributed by atoms with E-state index in [-0.39, 0.29) is 0 Å². The van der Waals surface area contributed by atoms with Crippen LogP contribution in [-0.2, 0) is 0 Å². The van der Waals surface area contributed by atoms with Gasteiger partial charge in [0, 0.05) is 6.04 Å². The highest BCUT2D eigenvalue weighted by Crippen LogP contribution is 2.08. The van der Waals surface area contributed by atoms with E-state index in [1.807, 2.05) is 30.3 Å². The Balaban J connectivity index is 2.04. The van der Waals surface area contributed by atoms with Crippen LogP contribution in [0.2, 0.25) is 0 Å². The van der Waals surface area contributed by atoms with Crippen LogP contribution in [0.3, 0.4) is 0 Å². The quantitative estimate of drug-likeness (QED) is 0.714. The molecule has 0 saturated carbocycles. The van der Waals surface area contributed by atoms with Crippen molar-refractivity contribution in [2.24, 2.45) is 5.92 Å². The maximum atomic E-state index is 5.61. The van der Waals surface area contributed by atoms with E-state index in [9.17, 15) is 0 Å². The smallest absolute Gasteiger partial charge is 0.119 e. The van der Waals surface area contributed by atoms with Gasteiger partial charge in [0.1, 0.15) is 5.75 Å². The summed E-state index contributed by atoms with van der Waals surface area (Å²) in [5, 5.41) is 3.49. The zero-order valence-corrected chi connectivity index (χ0v) is 10.6. The highest BCUT2D eigenvalue weighted by atomic mass is 16.5. The van der Waals surface area contributed by atoms with Crippen LogP contribution >= 0.6 is 0 Å². The summed E-state index contributed by atoms with van der Waals surface area (Å²) >= 11 is 0. The molecule has 0 aromatic heterocycles. The second-order valence-electron chi connectivity index (χ2n) is 4.50. The Morgan fingerprint density at radius 2 is 1.81 bits per heavy atom. The number of hydrogen-bond acceptors (Lipinski definition) is 2. The zero-order valence-electron chi connectivity index (χ0n) is 10.6. The van der Waals surface area contributed by atoms with Crippen molar-refractivity contribution >= 4 is 0 Å². The lowest BCUT2D eigenvalue weighted by Gasteiger charge is -2.17. The number of rotatable bonds is 7. The molecule has 1 atom stereocenters. The third kappa shape index (κ3) is 5.17. The maximum absolute atomic E-state index is 5.61. The van der Waals surface area contributed by atoms with Crippen LogP contribution in [0.25, 0.3) is 0 Å². The van der Waals surface area contributed by atoms with Gasteiger partial charge in [-0.3, -0.25) is 0 Å². The SMILES string of the molecule is CC(C)C(C)NCCCOc1ccccc1. The van der Waals surface area contributed by atoms with Crippen LogP contribution < -0.4 is 10.1 Å². The van der Waals surface area contributed by atoms with Gasteiger partial charge in [0.15, 0.2) is 0 Å².